The molecule has 0 radical (unpaired) electrons. The number of aliphatic hydroxyl groups excluding tert-OH is 1. The first-order valence-electron chi connectivity index (χ1n) is 10.1. The van der Waals surface area contributed by atoms with Gasteiger partial charge in [0, 0.05) is 5.92 Å². The number of carbonyl (C=O) groups is 1. The Morgan fingerprint density at radius 1 is 1.17 bits per heavy atom. The van der Waals surface area contributed by atoms with Gasteiger partial charge in [0.1, 0.15) is 0 Å². The van der Waals surface area contributed by atoms with Gasteiger partial charge < -0.3 is 10.2 Å². The Bertz CT molecular complexity index is 527. The molecule has 4 aliphatic carbocycles. The number of carboxylic acids is 1. The summed E-state index contributed by atoms with van der Waals surface area (Å²) in [6.45, 7) is 2.54. The summed E-state index contributed by atoms with van der Waals surface area (Å²) in [4.78, 5) is 10.9. The molecule has 4 aliphatic rings. The van der Waals surface area contributed by atoms with Crippen molar-refractivity contribution >= 4 is 5.97 Å². The van der Waals surface area contributed by atoms with E-state index in [1.54, 1.807) is 0 Å². The minimum Gasteiger partial charge on any atom is -0.481 e. The van der Waals surface area contributed by atoms with Crippen LogP contribution in [-0.4, -0.2) is 22.3 Å². The largest absolute Gasteiger partial charge is 0.481 e. The van der Waals surface area contributed by atoms with Crippen molar-refractivity contribution < 1.29 is 15.0 Å². The molecule has 0 amide bonds. The van der Waals surface area contributed by atoms with Gasteiger partial charge in [0.05, 0.1) is 12.5 Å². The summed E-state index contributed by atoms with van der Waals surface area (Å²) in [7, 11) is 0. The molecular weight excluding hydrogens is 300 g/mol. The summed E-state index contributed by atoms with van der Waals surface area (Å²) < 4.78 is 0. The van der Waals surface area contributed by atoms with E-state index in [9.17, 15) is 9.90 Å². The highest BCUT2D eigenvalue weighted by atomic mass is 16.4. The summed E-state index contributed by atoms with van der Waals surface area (Å²) in [6, 6.07) is 0. The van der Waals surface area contributed by atoms with Crippen LogP contribution in [0.15, 0.2) is 12.2 Å². The molecule has 134 valence electrons. The van der Waals surface area contributed by atoms with E-state index < -0.39 is 12.1 Å². The van der Waals surface area contributed by atoms with Crippen molar-refractivity contribution in [3.63, 3.8) is 0 Å². The summed E-state index contributed by atoms with van der Waals surface area (Å²) in [5.41, 5.74) is 0.618. The number of hydrogen-bond donors (Lipinski definition) is 2. The Morgan fingerprint density at radius 3 is 2.79 bits per heavy atom. The molecule has 4 rings (SSSR count). The average molecular weight is 332 g/mol. The van der Waals surface area contributed by atoms with Crippen molar-refractivity contribution in [1.82, 2.24) is 0 Å². The molecule has 3 saturated carbocycles. The zero-order valence-electron chi connectivity index (χ0n) is 14.9. The first-order valence-corrected chi connectivity index (χ1v) is 10.1. The summed E-state index contributed by atoms with van der Waals surface area (Å²) in [5, 5.41) is 19.1. The highest BCUT2D eigenvalue weighted by Crippen LogP contribution is 2.62. The summed E-state index contributed by atoms with van der Waals surface area (Å²) >= 11 is 0. The van der Waals surface area contributed by atoms with E-state index in [0.29, 0.717) is 17.3 Å². The quantitative estimate of drug-likeness (QED) is 0.759. The van der Waals surface area contributed by atoms with E-state index in [2.05, 4.69) is 19.1 Å². The molecule has 3 heteroatoms. The average Bonchev–Trinajstić information content (AvgIpc) is 2.95. The maximum atomic E-state index is 10.9. The van der Waals surface area contributed by atoms with Gasteiger partial charge in [0.15, 0.2) is 0 Å². The van der Waals surface area contributed by atoms with Crippen LogP contribution in [0.3, 0.4) is 0 Å². The minimum atomic E-state index is -0.894. The SMILES string of the molecule is C[C@@]12CCC[C@H]1[C@@H]1CC[C@H]3C[C@@H](C(O)CC(=O)O)C=C[C@@H]3[C@H]1CC2. The molecule has 0 spiro atoms. The van der Waals surface area contributed by atoms with Gasteiger partial charge in [-0.05, 0) is 80.0 Å². The molecule has 3 nitrogen and oxygen atoms in total. The highest BCUT2D eigenvalue weighted by Gasteiger charge is 2.53. The van der Waals surface area contributed by atoms with E-state index in [1.165, 1.54) is 44.9 Å². The number of hydrogen-bond acceptors (Lipinski definition) is 2. The van der Waals surface area contributed by atoms with Crippen LogP contribution >= 0.6 is 0 Å². The molecule has 0 bridgehead atoms. The van der Waals surface area contributed by atoms with Crippen LogP contribution in [0, 0.1) is 40.9 Å². The van der Waals surface area contributed by atoms with Gasteiger partial charge in [-0.1, -0.05) is 25.5 Å². The fourth-order valence-electron chi connectivity index (χ4n) is 7.04. The van der Waals surface area contributed by atoms with Crippen molar-refractivity contribution in [2.75, 3.05) is 0 Å². The fourth-order valence-corrected chi connectivity index (χ4v) is 7.04. The molecule has 24 heavy (non-hydrogen) atoms. The smallest absolute Gasteiger partial charge is 0.305 e. The van der Waals surface area contributed by atoms with Crippen LogP contribution < -0.4 is 0 Å². The third-order valence-electron chi connectivity index (χ3n) is 8.22. The third kappa shape index (κ3) is 2.73. The first-order chi connectivity index (χ1) is 11.5. The molecule has 2 N–H and O–H groups in total. The molecule has 8 atom stereocenters. The lowest BCUT2D eigenvalue weighted by Gasteiger charge is -2.54. The lowest BCUT2D eigenvalue weighted by molar-refractivity contribution is -0.139. The topological polar surface area (TPSA) is 57.5 Å². The Balaban J connectivity index is 1.49. The Labute approximate surface area is 145 Å². The standard InChI is InChI=1S/C21H32O3/c1-21-9-2-3-18(21)17-7-4-13-11-14(19(22)12-20(23)24)5-6-15(13)16(17)8-10-21/h5-6,13-19,22H,2-4,7-12H2,1H3,(H,23,24)/t13-,14-,15-,16+,17+,18-,19?,21-/m0/s1. The Kier molecular flexibility index (Phi) is 4.27. The minimum absolute atomic E-state index is 0.0410. The summed E-state index contributed by atoms with van der Waals surface area (Å²) in [6.07, 6.45) is 14.4. The lowest BCUT2D eigenvalue weighted by atomic mass is 9.51. The predicted octanol–water partition coefficient (Wildman–Crippen LogP) is 4.26. The van der Waals surface area contributed by atoms with Crippen LogP contribution in [0.2, 0.25) is 0 Å². The van der Waals surface area contributed by atoms with Crippen molar-refractivity contribution in [3.05, 3.63) is 12.2 Å². The van der Waals surface area contributed by atoms with Crippen molar-refractivity contribution in [3.8, 4) is 0 Å². The third-order valence-corrected chi connectivity index (χ3v) is 8.22. The van der Waals surface area contributed by atoms with Gasteiger partial charge in [-0.15, -0.1) is 0 Å². The van der Waals surface area contributed by atoms with Crippen LogP contribution in [0.4, 0.5) is 0 Å². The van der Waals surface area contributed by atoms with Crippen molar-refractivity contribution in [2.24, 2.45) is 40.9 Å². The zero-order chi connectivity index (χ0) is 16.9. The fraction of sp³-hybridized carbons (Fsp3) is 0.857. The number of allylic oxidation sites excluding steroid dienone is 1. The zero-order valence-corrected chi connectivity index (χ0v) is 14.9. The number of rotatable bonds is 3. The van der Waals surface area contributed by atoms with Gasteiger partial charge in [0.25, 0.3) is 0 Å². The summed E-state index contributed by atoms with van der Waals surface area (Å²) in [5.74, 6) is 3.19. The second-order valence-corrected chi connectivity index (χ2v) is 9.38. The lowest BCUT2D eigenvalue weighted by Crippen LogP contribution is -2.46. The van der Waals surface area contributed by atoms with E-state index >= 15 is 0 Å². The van der Waals surface area contributed by atoms with E-state index in [1.807, 2.05) is 0 Å². The van der Waals surface area contributed by atoms with E-state index in [-0.39, 0.29) is 12.3 Å². The van der Waals surface area contributed by atoms with E-state index in [4.69, 9.17) is 5.11 Å². The maximum absolute atomic E-state index is 10.9. The molecule has 0 aliphatic heterocycles. The van der Waals surface area contributed by atoms with Crippen molar-refractivity contribution in [1.29, 1.82) is 0 Å². The second-order valence-electron chi connectivity index (χ2n) is 9.38. The molecule has 0 aromatic rings. The molecule has 0 aromatic heterocycles. The van der Waals surface area contributed by atoms with Crippen molar-refractivity contribution in [2.45, 2.75) is 70.8 Å². The molecule has 0 heterocycles. The highest BCUT2D eigenvalue weighted by molar-refractivity contribution is 5.67. The van der Waals surface area contributed by atoms with E-state index in [0.717, 1.165) is 24.2 Å². The predicted molar refractivity (Wildman–Crippen MR) is 93.4 cm³/mol. The van der Waals surface area contributed by atoms with Gasteiger partial charge in [-0.2, -0.15) is 0 Å². The van der Waals surface area contributed by atoms with Crippen LogP contribution in [-0.2, 0) is 4.79 Å². The normalized spacial score (nSPS) is 48.2. The van der Waals surface area contributed by atoms with Crippen LogP contribution in [0.5, 0.6) is 0 Å². The molecule has 0 saturated heterocycles. The van der Waals surface area contributed by atoms with Crippen LogP contribution in [0.1, 0.15) is 64.7 Å². The Hall–Kier alpha value is -0.830. The Morgan fingerprint density at radius 2 is 2.00 bits per heavy atom. The monoisotopic (exact) mass is 332 g/mol. The first kappa shape index (κ1) is 16.6. The number of aliphatic carboxylic acids is 1. The molecule has 1 unspecified atom stereocenters. The van der Waals surface area contributed by atoms with Gasteiger partial charge >= 0.3 is 5.97 Å². The molecule has 0 aromatic carbocycles. The maximum Gasteiger partial charge on any atom is 0.305 e. The van der Waals surface area contributed by atoms with Gasteiger partial charge in [0.2, 0.25) is 0 Å². The number of fused-ring (bicyclic) bond motifs is 5. The number of carboxylic acid groups (broad SMARTS) is 1. The molecule has 3 fully saturated rings. The van der Waals surface area contributed by atoms with Gasteiger partial charge in [-0.3, -0.25) is 4.79 Å². The number of aliphatic hydroxyl groups is 1. The van der Waals surface area contributed by atoms with Gasteiger partial charge in [-0.25, -0.2) is 0 Å². The second kappa shape index (κ2) is 6.16. The molecular formula is C21H32O3. The van der Waals surface area contributed by atoms with Crippen LogP contribution in [0.25, 0.3) is 0 Å².